The van der Waals surface area contributed by atoms with Crippen LogP contribution in [0.15, 0.2) is 42.5 Å². The number of hydrogen-bond donors (Lipinski definition) is 2. The summed E-state index contributed by atoms with van der Waals surface area (Å²) in [6, 6.07) is 8.53. The monoisotopic (exact) mass is 286 g/mol. The molecule has 104 valence electrons. The highest BCUT2D eigenvalue weighted by atomic mass is 31.2. The van der Waals surface area contributed by atoms with Gasteiger partial charge in [0.05, 0.1) is 6.61 Å². The van der Waals surface area contributed by atoms with Gasteiger partial charge in [-0.1, -0.05) is 36.9 Å². The maximum Gasteiger partial charge on any atom is 0.469 e. The van der Waals surface area contributed by atoms with E-state index in [1.54, 1.807) is 30.3 Å². The molecule has 0 bridgehead atoms. The number of rotatable bonds is 6. The van der Waals surface area contributed by atoms with E-state index in [-0.39, 0.29) is 5.57 Å². The second kappa shape index (κ2) is 6.63. The van der Waals surface area contributed by atoms with Crippen molar-refractivity contribution in [3.63, 3.8) is 0 Å². The van der Waals surface area contributed by atoms with E-state index in [1.165, 1.54) is 6.92 Å². The summed E-state index contributed by atoms with van der Waals surface area (Å²) in [4.78, 5) is 28.9. The van der Waals surface area contributed by atoms with Crippen LogP contribution < -0.4 is 0 Å². The van der Waals surface area contributed by atoms with Crippen LogP contribution >= 0.6 is 7.82 Å². The van der Waals surface area contributed by atoms with Crippen LogP contribution in [0, 0.1) is 0 Å². The fraction of sp³-hybridized carbons (Fsp3) is 0.250. The number of phosphoric acid groups is 1. The lowest BCUT2D eigenvalue weighted by Gasteiger charge is -2.18. The lowest BCUT2D eigenvalue weighted by molar-refractivity contribution is -0.146. The zero-order valence-electron chi connectivity index (χ0n) is 10.4. The fourth-order valence-electron chi connectivity index (χ4n) is 1.26. The smallest absolute Gasteiger partial charge is 0.452 e. The highest BCUT2D eigenvalue weighted by molar-refractivity contribution is 7.46. The summed E-state index contributed by atoms with van der Waals surface area (Å²) in [6.07, 6.45) is -0.905. The van der Waals surface area contributed by atoms with Crippen molar-refractivity contribution >= 4 is 13.8 Å². The first-order valence-corrected chi connectivity index (χ1v) is 6.94. The van der Waals surface area contributed by atoms with Gasteiger partial charge in [0.1, 0.15) is 0 Å². The van der Waals surface area contributed by atoms with Gasteiger partial charge in [-0.2, -0.15) is 0 Å². The third-order valence-electron chi connectivity index (χ3n) is 2.16. The third-order valence-corrected chi connectivity index (χ3v) is 2.65. The molecule has 0 aliphatic rings. The van der Waals surface area contributed by atoms with Gasteiger partial charge in [0.15, 0.2) is 6.10 Å². The van der Waals surface area contributed by atoms with Gasteiger partial charge in [-0.3, -0.25) is 4.52 Å². The average molecular weight is 286 g/mol. The topological polar surface area (TPSA) is 93.1 Å². The molecule has 19 heavy (non-hydrogen) atoms. The Hall–Kier alpha value is -1.46. The zero-order valence-corrected chi connectivity index (χ0v) is 11.2. The van der Waals surface area contributed by atoms with Crippen LogP contribution in [0.5, 0.6) is 0 Å². The van der Waals surface area contributed by atoms with E-state index >= 15 is 0 Å². The van der Waals surface area contributed by atoms with E-state index in [0.717, 1.165) is 0 Å². The largest absolute Gasteiger partial charge is 0.469 e. The Bertz CT molecular complexity index is 492. The van der Waals surface area contributed by atoms with Crippen LogP contribution in [0.4, 0.5) is 0 Å². The molecule has 0 aliphatic carbocycles. The zero-order chi connectivity index (χ0) is 14.5. The van der Waals surface area contributed by atoms with E-state index in [9.17, 15) is 9.36 Å². The number of carbonyl (C=O) groups excluding carboxylic acids is 1. The predicted octanol–water partition coefficient (Wildman–Crippen LogP) is 1.96. The Morgan fingerprint density at radius 3 is 2.42 bits per heavy atom. The minimum atomic E-state index is -4.62. The molecule has 0 fully saturated rings. The molecule has 7 heteroatoms. The highest BCUT2D eigenvalue weighted by Crippen LogP contribution is 2.37. The van der Waals surface area contributed by atoms with Crippen molar-refractivity contribution in [2.24, 2.45) is 0 Å². The second-order valence-electron chi connectivity index (χ2n) is 3.87. The Labute approximate surface area is 110 Å². The molecule has 1 unspecified atom stereocenters. The molecule has 0 amide bonds. The summed E-state index contributed by atoms with van der Waals surface area (Å²) in [5.41, 5.74) is 0.766. The minimum absolute atomic E-state index is 0.192. The Morgan fingerprint density at radius 1 is 1.37 bits per heavy atom. The molecule has 0 heterocycles. The molecule has 0 saturated carbocycles. The first kappa shape index (κ1) is 15.6. The fourth-order valence-corrected chi connectivity index (χ4v) is 1.59. The van der Waals surface area contributed by atoms with E-state index in [4.69, 9.17) is 14.5 Å². The van der Waals surface area contributed by atoms with Gasteiger partial charge >= 0.3 is 13.8 Å². The van der Waals surface area contributed by atoms with E-state index in [2.05, 4.69) is 11.1 Å². The molecule has 6 nitrogen and oxygen atoms in total. The molecule has 0 spiro atoms. The quantitative estimate of drug-likeness (QED) is 0.471. The highest BCUT2D eigenvalue weighted by Gasteiger charge is 2.22. The number of benzene rings is 1. The summed E-state index contributed by atoms with van der Waals surface area (Å²) in [6.45, 7) is 4.48. The van der Waals surface area contributed by atoms with Crippen LogP contribution in [0.3, 0.4) is 0 Å². The van der Waals surface area contributed by atoms with Crippen LogP contribution in [0.2, 0.25) is 0 Å². The third kappa shape index (κ3) is 5.81. The molecule has 2 N–H and O–H groups in total. The molecule has 1 aromatic rings. The van der Waals surface area contributed by atoms with Gasteiger partial charge in [-0.05, 0) is 12.5 Å². The lowest BCUT2D eigenvalue weighted by atomic mass is 10.1. The number of ether oxygens (including phenoxy) is 1. The standard InChI is InChI=1S/C12H15O6P/c1-9(2)12(13)18-11(8-17-19(14,15)16)10-6-4-3-5-7-10/h3-7,11H,1,8H2,2H3,(H2,14,15,16). The van der Waals surface area contributed by atoms with Crippen molar-refractivity contribution in [1.82, 2.24) is 0 Å². The van der Waals surface area contributed by atoms with E-state index in [0.29, 0.717) is 5.56 Å². The summed E-state index contributed by atoms with van der Waals surface area (Å²) >= 11 is 0. The van der Waals surface area contributed by atoms with Gasteiger partial charge in [-0.25, -0.2) is 9.36 Å². The molecule has 0 saturated heterocycles. The number of hydrogen-bond acceptors (Lipinski definition) is 4. The maximum absolute atomic E-state index is 11.5. The van der Waals surface area contributed by atoms with Crippen molar-refractivity contribution in [3.05, 3.63) is 48.0 Å². The first-order chi connectivity index (χ1) is 8.79. The van der Waals surface area contributed by atoms with Crippen molar-refractivity contribution in [2.75, 3.05) is 6.61 Å². The molecular formula is C12H15O6P. The normalized spacial score (nSPS) is 12.8. The second-order valence-corrected chi connectivity index (χ2v) is 5.11. The Balaban J connectivity index is 2.82. The molecule has 1 atom stereocenters. The lowest BCUT2D eigenvalue weighted by Crippen LogP contribution is -2.16. The van der Waals surface area contributed by atoms with Gasteiger partial charge in [0.2, 0.25) is 0 Å². The minimum Gasteiger partial charge on any atom is -0.452 e. The maximum atomic E-state index is 11.5. The van der Waals surface area contributed by atoms with Crippen LogP contribution in [-0.4, -0.2) is 22.4 Å². The van der Waals surface area contributed by atoms with Crippen LogP contribution in [0.25, 0.3) is 0 Å². The number of carbonyl (C=O) groups is 1. The molecule has 0 radical (unpaired) electrons. The van der Waals surface area contributed by atoms with Crippen molar-refractivity contribution in [1.29, 1.82) is 0 Å². The number of phosphoric ester groups is 1. The molecule has 0 aliphatic heterocycles. The van der Waals surface area contributed by atoms with Crippen LogP contribution in [-0.2, 0) is 18.6 Å². The summed E-state index contributed by atoms with van der Waals surface area (Å²) in [5.74, 6) is -0.650. The van der Waals surface area contributed by atoms with E-state index in [1.807, 2.05) is 0 Å². The summed E-state index contributed by atoms with van der Waals surface area (Å²) in [5, 5.41) is 0. The van der Waals surface area contributed by atoms with Crippen LogP contribution in [0.1, 0.15) is 18.6 Å². The number of esters is 1. The first-order valence-electron chi connectivity index (χ1n) is 5.41. The molecule has 1 aromatic carbocycles. The van der Waals surface area contributed by atoms with Gasteiger partial charge in [-0.15, -0.1) is 0 Å². The molecule has 0 aromatic heterocycles. The summed E-state index contributed by atoms with van der Waals surface area (Å²) < 4.78 is 20.2. The average Bonchev–Trinajstić information content (AvgIpc) is 2.34. The van der Waals surface area contributed by atoms with Gasteiger partial charge in [0, 0.05) is 5.57 Å². The SMILES string of the molecule is C=C(C)C(=O)OC(COP(=O)(O)O)c1ccccc1. The molecule has 1 rings (SSSR count). The van der Waals surface area contributed by atoms with Crippen molar-refractivity contribution in [3.8, 4) is 0 Å². The van der Waals surface area contributed by atoms with Gasteiger partial charge < -0.3 is 14.5 Å². The Kier molecular flexibility index (Phi) is 5.44. The van der Waals surface area contributed by atoms with Gasteiger partial charge in [0.25, 0.3) is 0 Å². The summed E-state index contributed by atoms with van der Waals surface area (Å²) in [7, 11) is -4.62. The molecular weight excluding hydrogens is 271 g/mol. The van der Waals surface area contributed by atoms with E-state index < -0.39 is 26.5 Å². The predicted molar refractivity (Wildman–Crippen MR) is 68.1 cm³/mol. The van der Waals surface area contributed by atoms with Crippen molar-refractivity contribution in [2.45, 2.75) is 13.0 Å². The Morgan fingerprint density at radius 2 is 1.95 bits per heavy atom. The van der Waals surface area contributed by atoms with Crippen molar-refractivity contribution < 1.29 is 28.4 Å².